The SMILES string of the molecule is CC(C)(C)c1ccc(O)c(C=CCNC(=O)OCC2c3ccccc3-c3ccccc32)c1. The van der Waals surface area contributed by atoms with Gasteiger partial charge in [0.1, 0.15) is 12.4 Å². The predicted molar refractivity (Wildman–Crippen MR) is 129 cm³/mol. The standard InChI is InChI=1S/C28H29NO3/c1-28(2,3)20-14-15-26(30)19(17-20)9-8-16-29-27(31)32-18-25-23-12-6-4-10-21(23)22-11-5-7-13-24(22)25/h4-15,17,25,30H,16,18H2,1-3H3,(H,29,31). The number of carbonyl (C=O) groups is 1. The molecule has 0 unspecified atom stereocenters. The quantitative estimate of drug-likeness (QED) is 0.507. The molecule has 1 aliphatic carbocycles. The van der Waals surface area contributed by atoms with Gasteiger partial charge in [0.25, 0.3) is 0 Å². The van der Waals surface area contributed by atoms with Crippen LogP contribution >= 0.6 is 0 Å². The van der Waals surface area contributed by atoms with E-state index in [2.05, 4.69) is 50.4 Å². The molecular weight excluding hydrogens is 398 g/mol. The number of amides is 1. The lowest BCUT2D eigenvalue weighted by Gasteiger charge is -2.19. The molecule has 3 aromatic carbocycles. The summed E-state index contributed by atoms with van der Waals surface area (Å²) >= 11 is 0. The van der Waals surface area contributed by atoms with Crippen LogP contribution in [0.3, 0.4) is 0 Å². The van der Waals surface area contributed by atoms with Crippen molar-refractivity contribution in [2.75, 3.05) is 13.2 Å². The van der Waals surface area contributed by atoms with Gasteiger partial charge in [0, 0.05) is 18.0 Å². The molecule has 0 radical (unpaired) electrons. The molecule has 1 amide bonds. The number of aromatic hydroxyl groups is 1. The second-order valence-electron chi connectivity index (χ2n) is 9.13. The van der Waals surface area contributed by atoms with Gasteiger partial charge in [-0.15, -0.1) is 0 Å². The second-order valence-corrected chi connectivity index (χ2v) is 9.13. The van der Waals surface area contributed by atoms with Crippen LogP contribution in [0.4, 0.5) is 4.79 Å². The molecule has 0 aliphatic heterocycles. The van der Waals surface area contributed by atoms with Crippen LogP contribution in [-0.2, 0) is 10.2 Å². The molecule has 0 heterocycles. The number of carbonyl (C=O) groups excluding carboxylic acids is 1. The molecule has 4 heteroatoms. The maximum Gasteiger partial charge on any atom is 0.407 e. The van der Waals surface area contributed by atoms with E-state index in [9.17, 15) is 9.90 Å². The van der Waals surface area contributed by atoms with E-state index in [1.807, 2.05) is 48.6 Å². The van der Waals surface area contributed by atoms with Crippen molar-refractivity contribution in [2.24, 2.45) is 0 Å². The van der Waals surface area contributed by atoms with Crippen LogP contribution in [0.25, 0.3) is 17.2 Å². The summed E-state index contributed by atoms with van der Waals surface area (Å²) in [5.74, 6) is 0.260. The Balaban J connectivity index is 1.34. The Hall–Kier alpha value is -3.53. The van der Waals surface area contributed by atoms with Crippen LogP contribution in [-0.4, -0.2) is 24.4 Å². The van der Waals surface area contributed by atoms with Crippen molar-refractivity contribution >= 4 is 12.2 Å². The van der Waals surface area contributed by atoms with Gasteiger partial charge in [0.05, 0.1) is 0 Å². The number of rotatable bonds is 5. The Bertz CT molecular complexity index is 1110. The Morgan fingerprint density at radius 2 is 1.62 bits per heavy atom. The van der Waals surface area contributed by atoms with Gasteiger partial charge in [-0.3, -0.25) is 0 Å². The van der Waals surface area contributed by atoms with Crippen molar-refractivity contribution in [3.8, 4) is 16.9 Å². The van der Waals surface area contributed by atoms with Crippen molar-refractivity contribution < 1.29 is 14.6 Å². The number of fused-ring (bicyclic) bond motifs is 3. The zero-order valence-corrected chi connectivity index (χ0v) is 18.8. The smallest absolute Gasteiger partial charge is 0.407 e. The van der Waals surface area contributed by atoms with Gasteiger partial charge < -0.3 is 15.2 Å². The molecule has 0 atom stereocenters. The van der Waals surface area contributed by atoms with Crippen molar-refractivity contribution in [3.63, 3.8) is 0 Å². The summed E-state index contributed by atoms with van der Waals surface area (Å²) in [4.78, 5) is 12.3. The molecule has 1 aliphatic rings. The molecule has 4 nitrogen and oxygen atoms in total. The van der Waals surface area contributed by atoms with Gasteiger partial charge in [0.2, 0.25) is 0 Å². The fourth-order valence-corrected chi connectivity index (χ4v) is 4.13. The maximum absolute atomic E-state index is 12.3. The zero-order valence-electron chi connectivity index (χ0n) is 18.8. The molecule has 0 aromatic heterocycles. The van der Waals surface area contributed by atoms with Crippen molar-refractivity contribution in [1.82, 2.24) is 5.32 Å². The van der Waals surface area contributed by atoms with Crippen LogP contribution in [0.5, 0.6) is 5.75 Å². The van der Waals surface area contributed by atoms with E-state index >= 15 is 0 Å². The molecule has 0 saturated carbocycles. The average molecular weight is 428 g/mol. The third kappa shape index (κ3) is 4.54. The summed E-state index contributed by atoms with van der Waals surface area (Å²) in [5.41, 5.74) is 6.66. The minimum absolute atomic E-state index is 0.00415. The summed E-state index contributed by atoms with van der Waals surface area (Å²) in [5, 5.41) is 12.9. The number of ether oxygens (including phenoxy) is 1. The number of hydrogen-bond donors (Lipinski definition) is 2. The average Bonchev–Trinajstić information content (AvgIpc) is 3.09. The van der Waals surface area contributed by atoms with E-state index in [0.717, 1.165) is 11.1 Å². The van der Waals surface area contributed by atoms with Crippen LogP contribution < -0.4 is 5.32 Å². The Kier molecular flexibility index (Phi) is 6.04. The van der Waals surface area contributed by atoms with Crippen molar-refractivity contribution in [3.05, 3.63) is 95.1 Å². The van der Waals surface area contributed by atoms with E-state index < -0.39 is 6.09 Å². The summed E-state index contributed by atoms with van der Waals surface area (Å²) in [6.07, 6.45) is 3.17. The van der Waals surface area contributed by atoms with Crippen LogP contribution in [0, 0.1) is 0 Å². The second kappa shape index (κ2) is 8.91. The first-order valence-electron chi connectivity index (χ1n) is 10.9. The normalized spacial score (nSPS) is 13.1. The number of alkyl carbamates (subject to hydrolysis) is 1. The monoisotopic (exact) mass is 427 g/mol. The summed E-state index contributed by atoms with van der Waals surface area (Å²) in [6, 6.07) is 22.1. The molecule has 32 heavy (non-hydrogen) atoms. The first kappa shape index (κ1) is 21.7. The van der Waals surface area contributed by atoms with Crippen molar-refractivity contribution in [1.29, 1.82) is 0 Å². The van der Waals surface area contributed by atoms with E-state index in [0.29, 0.717) is 6.54 Å². The fourth-order valence-electron chi connectivity index (χ4n) is 4.13. The Morgan fingerprint density at radius 3 is 2.25 bits per heavy atom. The zero-order chi connectivity index (χ0) is 22.7. The predicted octanol–water partition coefficient (Wildman–Crippen LogP) is 6.24. The number of benzene rings is 3. The highest BCUT2D eigenvalue weighted by atomic mass is 16.5. The first-order chi connectivity index (χ1) is 15.3. The molecule has 0 fully saturated rings. The maximum atomic E-state index is 12.3. The third-order valence-corrected chi connectivity index (χ3v) is 5.90. The molecule has 3 aromatic rings. The van der Waals surface area contributed by atoms with Crippen molar-refractivity contribution in [2.45, 2.75) is 32.1 Å². The highest BCUT2D eigenvalue weighted by Crippen LogP contribution is 2.44. The van der Waals surface area contributed by atoms with E-state index in [1.54, 1.807) is 6.07 Å². The number of hydrogen-bond acceptors (Lipinski definition) is 3. The minimum Gasteiger partial charge on any atom is -0.507 e. The van der Waals surface area contributed by atoms with Crippen LogP contribution in [0.2, 0.25) is 0 Å². The Labute approximate surface area is 189 Å². The molecule has 0 saturated heterocycles. The molecular formula is C28H29NO3. The van der Waals surface area contributed by atoms with Gasteiger partial charge in [-0.05, 0) is 45.4 Å². The Morgan fingerprint density at radius 1 is 1.00 bits per heavy atom. The molecule has 4 rings (SSSR count). The lowest BCUT2D eigenvalue weighted by molar-refractivity contribution is 0.144. The van der Waals surface area contributed by atoms with Gasteiger partial charge in [-0.1, -0.05) is 87.5 Å². The molecule has 0 bridgehead atoms. The van der Waals surface area contributed by atoms with Gasteiger partial charge >= 0.3 is 6.09 Å². The topological polar surface area (TPSA) is 58.6 Å². The number of nitrogens with one attached hydrogen (secondary N) is 1. The van der Waals surface area contributed by atoms with E-state index in [4.69, 9.17) is 4.74 Å². The highest BCUT2D eigenvalue weighted by molar-refractivity contribution is 5.79. The highest BCUT2D eigenvalue weighted by Gasteiger charge is 2.28. The molecule has 0 spiro atoms. The summed E-state index contributed by atoms with van der Waals surface area (Å²) in [7, 11) is 0. The lowest BCUT2D eigenvalue weighted by Crippen LogP contribution is -2.26. The summed E-state index contributed by atoms with van der Waals surface area (Å²) in [6.45, 7) is 7.00. The third-order valence-electron chi connectivity index (χ3n) is 5.90. The van der Waals surface area contributed by atoms with Gasteiger partial charge in [-0.25, -0.2) is 4.79 Å². The number of phenols is 1. The summed E-state index contributed by atoms with van der Waals surface area (Å²) < 4.78 is 5.55. The van der Waals surface area contributed by atoms with Gasteiger partial charge in [0.15, 0.2) is 0 Å². The lowest BCUT2D eigenvalue weighted by atomic mass is 9.86. The number of phenolic OH excluding ortho intramolecular Hbond substituents is 1. The molecule has 164 valence electrons. The van der Waals surface area contributed by atoms with Crippen LogP contribution in [0.15, 0.2) is 72.8 Å². The van der Waals surface area contributed by atoms with E-state index in [1.165, 1.54) is 22.3 Å². The van der Waals surface area contributed by atoms with Gasteiger partial charge in [-0.2, -0.15) is 0 Å². The fraction of sp³-hybridized carbons (Fsp3) is 0.250. The van der Waals surface area contributed by atoms with Crippen LogP contribution in [0.1, 0.15) is 48.9 Å². The van der Waals surface area contributed by atoms with E-state index in [-0.39, 0.29) is 23.7 Å². The first-order valence-corrected chi connectivity index (χ1v) is 10.9. The largest absolute Gasteiger partial charge is 0.507 e. The minimum atomic E-state index is -0.454. The molecule has 2 N–H and O–H groups in total.